The Bertz CT molecular complexity index is 245. The van der Waals surface area contributed by atoms with E-state index in [2.05, 4.69) is 6.92 Å². The van der Waals surface area contributed by atoms with Gasteiger partial charge in [0.2, 0.25) is 0 Å². The van der Waals surface area contributed by atoms with Gasteiger partial charge in [0.1, 0.15) is 0 Å². The quantitative estimate of drug-likeness (QED) is 0.753. The molecule has 1 heterocycles. The molecule has 0 N–H and O–H groups in total. The predicted octanol–water partition coefficient (Wildman–Crippen LogP) is 1.58. The molecule has 0 unspecified atom stereocenters. The maximum absolute atomic E-state index is 12.3. The van der Waals surface area contributed by atoms with Gasteiger partial charge in [-0.15, -0.1) is 0 Å². The summed E-state index contributed by atoms with van der Waals surface area (Å²) in [7, 11) is 0. The Hall–Kier alpha value is -0.610. The molecule has 2 fully saturated rings. The van der Waals surface area contributed by atoms with Crippen LogP contribution in [0.1, 0.15) is 39.0 Å². The maximum atomic E-state index is 12.3. The molecule has 2 aliphatic rings. The topological polar surface area (TPSA) is 38.8 Å². The molecule has 2 rings (SSSR count). The zero-order chi connectivity index (χ0) is 12.1. The second kappa shape index (κ2) is 6.36. The largest absolute Gasteiger partial charge is 0.376 e. The molecule has 0 radical (unpaired) electrons. The van der Waals surface area contributed by atoms with Gasteiger partial charge in [0, 0.05) is 12.6 Å². The Morgan fingerprint density at radius 2 is 2.00 bits per heavy atom. The normalized spacial score (nSPS) is 26.8. The van der Waals surface area contributed by atoms with Gasteiger partial charge in [-0.25, -0.2) is 0 Å². The molecular weight excluding hydrogens is 218 g/mol. The molecule has 17 heavy (non-hydrogen) atoms. The lowest BCUT2D eigenvalue weighted by Gasteiger charge is -2.36. The van der Waals surface area contributed by atoms with E-state index in [1.807, 2.05) is 4.90 Å². The van der Waals surface area contributed by atoms with Crippen molar-refractivity contribution in [2.75, 3.05) is 26.4 Å². The summed E-state index contributed by atoms with van der Waals surface area (Å²) >= 11 is 0. The summed E-state index contributed by atoms with van der Waals surface area (Å²) in [5.74, 6) is 0.124. The fourth-order valence-electron chi connectivity index (χ4n) is 2.80. The molecule has 0 bridgehead atoms. The van der Waals surface area contributed by atoms with Crippen LogP contribution in [0.5, 0.6) is 0 Å². The molecule has 0 aromatic carbocycles. The van der Waals surface area contributed by atoms with Crippen molar-refractivity contribution in [1.82, 2.24) is 4.90 Å². The summed E-state index contributed by atoms with van der Waals surface area (Å²) in [5, 5.41) is 0. The average Bonchev–Trinajstić information content (AvgIpc) is 2.42. The number of carbonyl (C=O) groups is 1. The van der Waals surface area contributed by atoms with E-state index in [0.717, 1.165) is 19.4 Å². The minimum Gasteiger partial charge on any atom is -0.376 e. The highest BCUT2D eigenvalue weighted by Crippen LogP contribution is 2.23. The highest BCUT2D eigenvalue weighted by Gasteiger charge is 2.31. The first-order valence-corrected chi connectivity index (χ1v) is 6.82. The fraction of sp³-hybridized carbons (Fsp3) is 0.923. The van der Waals surface area contributed by atoms with Crippen molar-refractivity contribution >= 4 is 5.91 Å². The minimum atomic E-state index is -0.370. The minimum absolute atomic E-state index is 0.124. The Morgan fingerprint density at radius 1 is 1.24 bits per heavy atom. The summed E-state index contributed by atoms with van der Waals surface area (Å²) in [5.41, 5.74) is 0. The Balaban J connectivity index is 1.93. The zero-order valence-corrected chi connectivity index (χ0v) is 10.7. The molecule has 1 saturated heterocycles. The van der Waals surface area contributed by atoms with E-state index in [1.165, 1.54) is 19.3 Å². The lowest BCUT2D eigenvalue weighted by molar-refractivity contribution is -0.160. The number of nitrogens with zero attached hydrogens (tertiary/aromatic N) is 1. The number of ether oxygens (including phenoxy) is 2. The van der Waals surface area contributed by atoms with Crippen LogP contribution >= 0.6 is 0 Å². The van der Waals surface area contributed by atoms with Gasteiger partial charge in [-0.05, 0) is 19.8 Å². The average molecular weight is 241 g/mol. The third-order valence-electron chi connectivity index (χ3n) is 3.73. The van der Waals surface area contributed by atoms with E-state index in [9.17, 15) is 4.79 Å². The molecule has 1 saturated carbocycles. The summed E-state index contributed by atoms with van der Waals surface area (Å²) in [6.07, 6.45) is 5.73. The molecule has 1 atom stereocenters. The molecule has 0 aromatic rings. The molecule has 4 heteroatoms. The van der Waals surface area contributed by atoms with Crippen LogP contribution in [0.2, 0.25) is 0 Å². The first-order chi connectivity index (χ1) is 8.33. The molecule has 1 aliphatic heterocycles. The van der Waals surface area contributed by atoms with E-state index in [0.29, 0.717) is 25.9 Å². The Labute approximate surface area is 103 Å². The first kappa shape index (κ1) is 12.8. The maximum Gasteiger partial charge on any atom is 0.254 e. The van der Waals surface area contributed by atoms with Gasteiger partial charge in [-0.2, -0.15) is 0 Å². The number of hydrogen-bond acceptors (Lipinski definition) is 3. The van der Waals surface area contributed by atoms with Crippen LogP contribution in [0, 0.1) is 0 Å². The van der Waals surface area contributed by atoms with Crippen LogP contribution in [0.3, 0.4) is 0 Å². The van der Waals surface area contributed by atoms with Crippen molar-refractivity contribution in [3.8, 4) is 0 Å². The SMILES string of the molecule is CCN(C(=O)[C@H]1COCCO1)C1CCCCC1. The van der Waals surface area contributed by atoms with Gasteiger partial charge >= 0.3 is 0 Å². The fourth-order valence-corrected chi connectivity index (χ4v) is 2.80. The van der Waals surface area contributed by atoms with Gasteiger partial charge in [-0.3, -0.25) is 4.79 Å². The van der Waals surface area contributed by atoms with E-state index in [1.54, 1.807) is 0 Å². The van der Waals surface area contributed by atoms with Crippen molar-refractivity contribution in [2.24, 2.45) is 0 Å². The standard InChI is InChI=1S/C13H23NO3/c1-2-14(11-6-4-3-5-7-11)13(15)12-10-16-8-9-17-12/h11-12H,2-10H2,1H3/t12-/m1/s1. The van der Waals surface area contributed by atoms with Gasteiger partial charge in [0.25, 0.3) is 5.91 Å². The lowest BCUT2D eigenvalue weighted by atomic mass is 9.94. The molecule has 4 nitrogen and oxygen atoms in total. The van der Waals surface area contributed by atoms with Crippen LogP contribution < -0.4 is 0 Å². The smallest absolute Gasteiger partial charge is 0.254 e. The summed E-state index contributed by atoms with van der Waals surface area (Å²) in [6.45, 7) is 4.40. The molecule has 0 spiro atoms. The first-order valence-electron chi connectivity index (χ1n) is 6.82. The zero-order valence-electron chi connectivity index (χ0n) is 10.7. The highest BCUT2D eigenvalue weighted by molar-refractivity contribution is 5.81. The lowest BCUT2D eigenvalue weighted by Crippen LogP contribution is -2.49. The van der Waals surface area contributed by atoms with E-state index in [4.69, 9.17) is 9.47 Å². The van der Waals surface area contributed by atoms with Crippen molar-refractivity contribution in [3.63, 3.8) is 0 Å². The Morgan fingerprint density at radius 3 is 2.59 bits per heavy atom. The van der Waals surface area contributed by atoms with Gasteiger partial charge in [0.15, 0.2) is 6.10 Å². The predicted molar refractivity (Wildman–Crippen MR) is 64.8 cm³/mol. The number of likely N-dealkylation sites (N-methyl/N-ethyl adjacent to an activating group) is 1. The second-order valence-corrected chi connectivity index (χ2v) is 4.85. The number of carbonyl (C=O) groups excluding carboxylic acids is 1. The third-order valence-corrected chi connectivity index (χ3v) is 3.73. The molecule has 1 amide bonds. The van der Waals surface area contributed by atoms with Crippen LogP contribution in [0.15, 0.2) is 0 Å². The highest BCUT2D eigenvalue weighted by atomic mass is 16.6. The van der Waals surface area contributed by atoms with Crippen LogP contribution in [-0.4, -0.2) is 49.3 Å². The van der Waals surface area contributed by atoms with Crippen molar-refractivity contribution in [3.05, 3.63) is 0 Å². The molecule has 98 valence electrons. The van der Waals surface area contributed by atoms with Crippen molar-refractivity contribution in [1.29, 1.82) is 0 Å². The monoisotopic (exact) mass is 241 g/mol. The van der Waals surface area contributed by atoms with E-state index >= 15 is 0 Å². The van der Waals surface area contributed by atoms with Crippen LogP contribution in [0.25, 0.3) is 0 Å². The molecule has 0 aromatic heterocycles. The van der Waals surface area contributed by atoms with Crippen molar-refractivity contribution in [2.45, 2.75) is 51.2 Å². The summed E-state index contributed by atoms with van der Waals surface area (Å²) in [4.78, 5) is 14.3. The summed E-state index contributed by atoms with van der Waals surface area (Å²) in [6, 6.07) is 0.423. The third kappa shape index (κ3) is 3.19. The van der Waals surface area contributed by atoms with E-state index in [-0.39, 0.29) is 12.0 Å². The molecule has 1 aliphatic carbocycles. The Kier molecular flexibility index (Phi) is 4.80. The number of hydrogen-bond donors (Lipinski definition) is 0. The molecular formula is C13H23NO3. The van der Waals surface area contributed by atoms with Crippen LogP contribution in [0.4, 0.5) is 0 Å². The summed E-state index contributed by atoms with van der Waals surface area (Å²) < 4.78 is 10.8. The van der Waals surface area contributed by atoms with Gasteiger partial charge in [-0.1, -0.05) is 19.3 Å². The van der Waals surface area contributed by atoms with Crippen LogP contribution in [-0.2, 0) is 14.3 Å². The van der Waals surface area contributed by atoms with Gasteiger partial charge in [0.05, 0.1) is 19.8 Å². The number of rotatable bonds is 3. The second-order valence-electron chi connectivity index (χ2n) is 4.85. The van der Waals surface area contributed by atoms with E-state index < -0.39 is 0 Å². The van der Waals surface area contributed by atoms with Gasteiger partial charge < -0.3 is 14.4 Å². The van der Waals surface area contributed by atoms with Crippen molar-refractivity contribution < 1.29 is 14.3 Å². The number of amides is 1.